The molecule has 2 rings (SSSR count). The van der Waals surface area contributed by atoms with Crippen LogP contribution >= 0.6 is 22.9 Å². The molecule has 0 amide bonds. The van der Waals surface area contributed by atoms with Crippen LogP contribution in [0.4, 0.5) is 5.69 Å². The lowest BCUT2D eigenvalue weighted by Crippen LogP contribution is -2.30. The summed E-state index contributed by atoms with van der Waals surface area (Å²) in [6.07, 6.45) is 1.56. The second-order valence-corrected chi connectivity index (χ2v) is 7.52. The van der Waals surface area contributed by atoms with Crippen molar-refractivity contribution in [2.45, 2.75) is 4.21 Å². The normalized spacial score (nSPS) is 11.2. The van der Waals surface area contributed by atoms with E-state index in [1.54, 1.807) is 36.4 Å². The van der Waals surface area contributed by atoms with E-state index in [4.69, 9.17) is 11.6 Å². The van der Waals surface area contributed by atoms with Crippen molar-refractivity contribution in [1.82, 2.24) is 0 Å². The Morgan fingerprint density at radius 2 is 1.89 bits per heavy atom. The van der Waals surface area contributed by atoms with E-state index in [2.05, 4.69) is 6.58 Å². The van der Waals surface area contributed by atoms with Gasteiger partial charge in [0.1, 0.15) is 4.21 Å². The number of rotatable bonds is 5. The lowest BCUT2D eigenvalue weighted by Gasteiger charge is -2.22. The van der Waals surface area contributed by atoms with Gasteiger partial charge in [-0.05, 0) is 24.3 Å². The van der Waals surface area contributed by atoms with Gasteiger partial charge in [-0.3, -0.25) is 4.31 Å². The van der Waals surface area contributed by atoms with Crippen LogP contribution < -0.4 is 4.31 Å². The standard InChI is InChI=1S/C13H12ClNO2S2/c1-2-10-15(11-6-4-3-5-7-11)19(16,17)13-9-8-12(14)18-13/h2-9H,1,10H2. The number of para-hydroxylation sites is 1. The van der Waals surface area contributed by atoms with Gasteiger partial charge >= 0.3 is 0 Å². The minimum absolute atomic E-state index is 0.210. The SMILES string of the molecule is C=CCN(c1ccccc1)S(=O)(=O)c1ccc(Cl)s1. The molecule has 0 fully saturated rings. The van der Waals surface area contributed by atoms with Crippen LogP contribution in [0.25, 0.3) is 0 Å². The fourth-order valence-electron chi connectivity index (χ4n) is 1.60. The second-order valence-electron chi connectivity index (χ2n) is 3.72. The number of anilines is 1. The van der Waals surface area contributed by atoms with Crippen molar-refractivity contribution in [3.63, 3.8) is 0 Å². The van der Waals surface area contributed by atoms with Crippen LogP contribution in [0.2, 0.25) is 4.34 Å². The number of sulfonamides is 1. The quantitative estimate of drug-likeness (QED) is 0.788. The highest BCUT2D eigenvalue weighted by Gasteiger charge is 2.25. The fraction of sp³-hybridized carbons (Fsp3) is 0.0769. The second kappa shape index (κ2) is 5.77. The number of hydrogen-bond acceptors (Lipinski definition) is 3. The zero-order valence-electron chi connectivity index (χ0n) is 9.99. The van der Waals surface area contributed by atoms with Gasteiger partial charge in [-0.1, -0.05) is 35.9 Å². The first kappa shape index (κ1) is 14.1. The summed E-state index contributed by atoms with van der Waals surface area (Å²) in [5.74, 6) is 0. The Bertz CT molecular complexity index is 665. The largest absolute Gasteiger partial charge is 0.274 e. The van der Waals surface area contributed by atoms with E-state index in [-0.39, 0.29) is 10.8 Å². The Labute approximate surface area is 121 Å². The number of nitrogens with zero attached hydrogens (tertiary/aromatic N) is 1. The maximum absolute atomic E-state index is 12.6. The summed E-state index contributed by atoms with van der Waals surface area (Å²) in [7, 11) is -3.60. The Kier molecular flexibility index (Phi) is 4.29. The summed E-state index contributed by atoms with van der Waals surface area (Å²) in [5, 5.41) is 0. The van der Waals surface area contributed by atoms with Gasteiger partial charge in [0.05, 0.1) is 16.6 Å². The highest BCUT2D eigenvalue weighted by atomic mass is 35.5. The maximum Gasteiger partial charge on any atom is 0.274 e. The van der Waals surface area contributed by atoms with Crippen LogP contribution in [0.1, 0.15) is 0 Å². The number of halogens is 1. The van der Waals surface area contributed by atoms with Crippen molar-refractivity contribution in [3.05, 3.63) is 59.5 Å². The van der Waals surface area contributed by atoms with Gasteiger partial charge in [0.15, 0.2) is 0 Å². The third-order valence-corrected chi connectivity index (χ3v) is 5.92. The third kappa shape index (κ3) is 3.00. The molecule has 100 valence electrons. The van der Waals surface area contributed by atoms with Crippen LogP contribution in [0.15, 0.2) is 59.3 Å². The van der Waals surface area contributed by atoms with E-state index in [9.17, 15) is 8.42 Å². The minimum Gasteiger partial charge on any atom is -0.262 e. The molecule has 0 saturated heterocycles. The summed E-state index contributed by atoms with van der Waals surface area (Å²) >= 11 is 6.85. The van der Waals surface area contributed by atoms with Crippen molar-refractivity contribution in [3.8, 4) is 0 Å². The molecule has 0 spiro atoms. The predicted octanol–water partition coefficient (Wildman–Crippen LogP) is 3.78. The fourth-order valence-corrected chi connectivity index (χ4v) is 4.63. The van der Waals surface area contributed by atoms with Gasteiger partial charge in [0, 0.05) is 0 Å². The highest BCUT2D eigenvalue weighted by molar-refractivity contribution is 7.94. The number of thiophene rings is 1. The molecule has 0 aliphatic rings. The van der Waals surface area contributed by atoms with E-state index >= 15 is 0 Å². The zero-order valence-corrected chi connectivity index (χ0v) is 12.4. The van der Waals surface area contributed by atoms with Gasteiger partial charge < -0.3 is 0 Å². The summed E-state index contributed by atoms with van der Waals surface area (Å²) < 4.78 is 27.1. The first-order valence-electron chi connectivity index (χ1n) is 5.49. The molecule has 6 heteroatoms. The van der Waals surface area contributed by atoms with Crippen molar-refractivity contribution in [2.75, 3.05) is 10.8 Å². The highest BCUT2D eigenvalue weighted by Crippen LogP contribution is 2.30. The summed E-state index contributed by atoms with van der Waals surface area (Å²) in [6.45, 7) is 3.82. The van der Waals surface area contributed by atoms with Crippen LogP contribution in [-0.2, 0) is 10.0 Å². The Hall–Kier alpha value is -1.30. The molecular formula is C13H12ClNO2S2. The number of benzene rings is 1. The van der Waals surface area contributed by atoms with Crippen molar-refractivity contribution >= 4 is 38.6 Å². The smallest absolute Gasteiger partial charge is 0.262 e. The molecule has 0 atom stereocenters. The first-order valence-corrected chi connectivity index (χ1v) is 8.13. The van der Waals surface area contributed by atoms with E-state index < -0.39 is 10.0 Å². The predicted molar refractivity (Wildman–Crippen MR) is 80.5 cm³/mol. The molecule has 1 heterocycles. The van der Waals surface area contributed by atoms with Crippen molar-refractivity contribution in [1.29, 1.82) is 0 Å². The Balaban J connectivity index is 2.47. The summed E-state index contributed by atoms with van der Waals surface area (Å²) in [6, 6.07) is 12.0. The van der Waals surface area contributed by atoms with Crippen molar-refractivity contribution in [2.24, 2.45) is 0 Å². The van der Waals surface area contributed by atoms with Gasteiger partial charge in [-0.25, -0.2) is 8.42 Å². The van der Waals surface area contributed by atoms with Crippen LogP contribution in [0, 0.1) is 0 Å². The minimum atomic E-state index is -3.60. The molecule has 0 bridgehead atoms. The number of hydrogen-bond donors (Lipinski definition) is 0. The van der Waals surface area contributed by atoms with Gasteiger partial charge in [-0.15, -0.1) is 17.9 Å². The molecule has 1 aromatic carbocycles. The van der Waals surface area contributed by atoms with E-state index in [1.807, 2.05) is 6.07 Å². The molecule has 0 saturated carbocycles. The molecule has 19 heavy (non-hydrogen) atoms. The van der Waals surface area contributed by atoms with Crippen LogP contribution in [0.5, 0.6) is 0 Å². The van der Waals surface area contributed by atoms with E-state index in [0.717, 1.165) is 11.3 Å². The Morgan fingerprint density at radius 3 is 2.42 bits per heavy atom. The Morgan fingerprint density at radius 1 is 1.21 bits per heavy atom. The summed E-state index contributed by atoms with van der Waals surface area (Å²) in [4.78, 5) is 0. The molecule has 0 aliphatic carbocycles. The van der Waals surface area contributed by atoms with Gasteiger partial charge in [0.25, 0.3) is 10.0 Å². The molecule has 0 N–H and O–H groups in total. The van der Waals surface area contributed by atoms with Crippen molar-refractivity contribution < 1.29 is 8.42 Å². The maximum atomic E-state index is 12.6. The molecule has 2 aromatic rings. The van der Waals surface area contributed by atoms with Crippen LogP contribution in [0.3, 0.4) is 0 Å². The molecule has 0 unspecified atom stereocenters. The molecule has 3 nitrogen and oxygen atoms in total. The average molecular weight is 314 g/mol. The van der Waals surface area contributed by atoms with Gasteiger partial charge in [0.2, 0.25) is 0 Å². The third-order valence-electron chi connectivity index (χ3n) is 2.43. The van der Waals surface area contributed by atoms with Gasteiger partial charge in [-0.2, -0.15) is 0 Å². The molecule has 0 radical (unpaired) electrons. The topological polar surface area (TPSA) is 37.4 Å². The average Bonchev–Trinajstić information content (AvgIpc) is 2.84. The van der Waals surface area contributed by atoms with E-state index in [0.29, 0.717) is 10.0 Å². The lowest BCUT2D eigenvalue weighted by atomic mass is 10.3. The molecular weight excluding hydrogens is 302 g/mol. The summed E-state index contributed by atoms with van der Waals surface area (Å²) in [5.41, 5.74) is 0.604. The first-order chi connectivity index (χ1) is 9.05. The zero-order chi connectivity index (χ0) is 13.9. The van der Waals surface area contributed by atoms with E-state index in [1.165, 1.54) is 10.4 Å². The monoisotopic (exact) mass is 313 g/mol. The molecule has 0 aliphatic heterocycles. The molecule has 1 aromatic heterocycles. The lowest BCUT2D eigenvalue weighted by molar-refractivity contribution is 0.595. The van der Waals surface area contributed by atoms with Crippen LogP contribution in [-0.4, -0.2) is 15.0 Å².